The Balaban J connectivity index is 1.75. The smallest absolute Gasteiger partial charge is 0.254 e. The number of aryl methyl sites for hydroxylation is 1. The van der Waals surface area contributed by atoms with Gasteiger partial charge < -0.3 is 14.2 Å². The molecule has 0 bridgehead atoms. The van der Waals surface area contributed by atoms with Crippen LogP contribution in [0.3, 0.4) is 0 Å². The number of aromatic nitrogens is 1. The fourth-order valence-corrected chi connectivity index (χ4v) is 3.49. The van der Waals surface area contributed by atoms with Crippen LogP contribution in [0.2, 0.25) is 0 Å². The Labute approximate surface area is 152 Å². The van der Waals surface area contributed by atoms with Crippen LogP contribution in [0.15, 0.2) is 47.4 Å². The fourth-order valence-electron chi connectivity index (χ4n) is 3.49. The topological polar surface area (TPSA) is 51.5 Å². The molecule has 2 heterocycles. The van der Waals surface area contributed by atoms with Crippen LogP contribution < -0.4 is 5.56 Å². The monoisotopic (exact) mass is 358 g/mol. The number of carbonyl (C=O) groups excluding carboxylic acids is 1. The second-order valence-electron chi connectivity index (χ2n) is 6.77. The molecule has 1 aliphatic heterocycles. The van der Waals surface area contributed by atoms with Gasteiger partial charge in [0.1, 0.15) is 5.82 Å². The minimum Gasteiger partial charge on any atom is -0.381 e. The Morgan fingerprint density at radius 3 is 2.65 bits per heavy atom. The molecule has 1 aliphatic rings. The first-order valence-corrected chi connectivity index (χ1v) is 8.71. The van der Waals surface area contributed by atoms with Crippen LogP contribution in [0.25, 0.3) is 0 Å². The molecule has 0 radical (unpaired) electrons. The zero-order valence-corrected chi connectivity index (χ0v) is 15.0. The summed E-state index contributed by atoms with van der Waals surface area (Å²) >= 11 is 0. The van der Waals surface area contributed by atoms with Crippen LogP contribution in [0, 0.1) is 11.7 Å². The van der Waals surface area contributed by atoms with Gasteiger partial charge in [0.25, 0.3) is 11.5 Å². The van der Waals surface area contributed by atoms with Crippen molar-refractivity contribution in [3.63, 3.8) is 0 Å². The number of hydrogen-bond acceptors (Lipinski definition) is 3. The summed E-state index contributed by atoms with van der Waals surface area (Å²) in [6.07, 6.45) is 3.10. The van der Waals surface area contributed by atoms with Crippen molar-refractivity contribution < 1.29 is 13.9 Å². The van der Waals surface area contributed by atoms with Gasteiger partial charge in [0.15, 0.2) is 0 Å². The van der Waals surface area contributed by atoms with Crippen molar-refractivity contribution in [2.45, 2.75) is 18.9 Å². The van der Waals surface area contributed by atoms with Gasteiger partial charge in [-0.05, 0) is 36.6 Å². The summed E-state index contributed by atoms with van der Waals surface area (Å²) in [5.74, 6) is -0.279. The third kappa shape index (κ3) is 4.02. The zero-order chi connectivity index (χ0) is 18.7. The molecule has 6 heteroatoms. The Morgan fingerprint density at radius 1 is 1.27 bits per heavy atom. The van der Waals surface area contributed by atoms with Crippen molar-refractivity contribution in [2.24, 2.45) is 13.0 Å². The van der Waals surface area contributed by atoms with Crippen LogP contribution in [0.5, 0.6) is 0 Å². The van der Waals surface area contributed by atoms with Crippen molar-refractivity contribution in [3.05, 3.63) is 69.9 Å². The number of amides is 1. The largest absolute Gasteiger partial charge is 0.381 e. The molecule has 26 heavy (non-hydrogen) atoms. The van der Waals surface area contributed by atoms with Gasteiger partial charge in [0.2, 0.25) is 0 Å². The van der Waals surface area contributed by atoms with E-state index in [1.165, 1.54) is 22.8 Å². The summed E-state index contributed by atoms with van der Waals surface area (Å²) < 4.78 is 20.2. The molecule has 0 saturated carbocycles. The van der Waals surface area contributed by atoms with Crippen molar-refractivity contribution in [1.82, 2.24) is 9.47 Å². The first-order valence-electron chi connectivity index (χ1n) is 8.71. The zero-order valence-electron chi connectivity index (χ0n) is 15.0. The molecule has 0 spiro atoms. The van der Waals surface area contributed by atoms with E-state index in [0.29, 0.717) is 25.1 Å². The highest BCUT2D eigenvalue weighted by atomic mass is 19.1. The number of halogens is 1. The van der Waals surface area contributed by atoms with Crippen molar-refractivity contribution in [2.75, 3.05) is 20.2 Å². The molecular formula is C20H23FN2O3. The number of pyridine rings is 1. The SMILES string of the molecule is CO[C@@H]1CCN(C(=O)c2ccn(C)c(=O)c2)C[C@H]1Cc1ccc(F)cc1. The molecule has 2 atom stereocenters. The fraction of sp³-hybridized carbons (Fsp3) is 0.400. The number of likely N-dealkylation sites (tertiary alicyclic amines) is 1. The molecule has 0 aliphatic carbocycles. The molecular weight excluding hydrogens is 335 g/mol. The van der Waals surface area contributed by atoms with E-state index in [-0.39, 0.29) is 29.3 Å². The second kappa shape index (κ2) is 7.83. The summed E-state index contributed by atoms with van der Waals surface area (Å²) in [4.78, 5) is 26.4. The molecule has 0 unspecified atom stereocenters. The van der Waals surface area contributed by atoms with Crippen LogP contribution in [0.1, 0.15) is 22.3 Å². The van der Waals surface area contributed by atoms with Crippen molar-refractivity contribution >= 4 is 5.91 Å². The molecule has 5 nitrogen and oxygen atoms in total. The normalized spacial score (nSPS) is 20.2. The van der Waals surface area contributed by atoms with E-state index < -0.39 is 0 Å². The van der Waals surface area contributed by atoms with Gasteiger partial charge in [-0.2, -0.15) is 0 Å². The van der Waals surface area contributed by atoms with E-state index in [4.69, 9.17) is 4.74 Å². The summed E-state index contributed by atoms with van der Waals surface area (Å²) in [7, 11) is 3.33. The Morgan fingerprint density at radius 2 is 2.00 bits per heavy atom. The molecule has 1 amide bonds. The first kappa shape index (κ1) is 18.3. The number of carbonyl (C=O) groups is 1. The van der Waals surface area contributed by atoms with Gasteiger partial charge in [-0.25, -0.2) is 4.39 Å². The third-order valence-corrected chi connectivity index (χ3v) is 5.02. The Bertz CT molecular complexity index is 832. The number of hydrogen-bond donors (Lipinski definition) is 0. The van der Waals surface area contributed by atoms with Crippen LogP contribution in [-0.2, 0) is 18.2 Å². The second-order valence-corrected chi connectivity index (χ2v) is 6.77. The molecule has 1 aromatic heterocycles. The van der Waals surface area contributed by atoms with Gasteiger partial charge >= 0.3 is 0 Å². The molecule has 1 aromatic carbocycles. The quantitative estimate of drug-likeness (QED) is 0.842. The lowest BCUT2D eigenvalue weighted by atomic mass is 9.88. The van der Waals surface area contributed by atoms with E-state index in [9.17, 15) is 14.0 Å². The van der Waals surface area contributed by atoms with E-state index in [1.54, 1.807) is 43.5 Å². The van der Waals surface area contributed by atoms with Crippen LogP contribution in [0.4, 0.5) is 4.39 Å². The standard InChI is InChI=1S/C20H23FN2O3/c1-22-9-7-15(12-19(22)24)20(25)23-10-8-18(26-2)16(13-23)11-14-3-5-17(21)6-4-14/h3-7,9,12,16,18H,8,10-11,13H2,1-2H3/t16-,18-/m1/s1. The highest BCUT2D eigenvalue weighted by Gasteiger charge is 2.32. The maximum absolute atomic E-state index is 13.1. The number of ether oxygens (including phenoxy) is 1. The Kier molecular flexibility index (Phi) is 5.52. The van der Waals surface area contributed by atoms with Gasteiger partial charge in [0.05, 0.1) is 6.10 Å². The average Bonchev–Trinajstić information content (AvgIpc) is 2.65. The average molecular weight is 358 g/mol. The first-order chi connectivity index (χ1) is 12.5. The minimum absolute atomic E-state index is 0.0488. The van der Waals surface area contributed by atoms with E-state index in [0.717, 1.165) is 12.0 Å². The molecule has 1 fully saturated rings. The maximum Gasteiger partial charge on any atom is 0.254 e. The van der Waals surface area contributed by atoms with Gasteiger partial charge in [0, 0.05) is 51.0 Å². The van der Waals surface area contributed by atoms with E-state index in [2.05, 4.69) is 0 Å². The van der Waals surface area contributed by atoms with Gasteiger partial charge in [-0.3, -0.25) is 9.59 Å². The lowest BCUT2D eigenvalue weighted by molar-refractivity contribution is -0.00300. The number of methoxy groups -OCH3 is 1. The van der Waals surface area contributed by atoms with Gasteiger partial charge in [-0.15, -0.1) is 0 Å². The van der Waals surface area contributed by atoms with Crippen molar-refractivity contribution in [3.8, 4) is 0 Å². The number of rotatable bonds is 4. The molecule has 1 saturated heterocycles. The minimum atomic E-state index is -0.261. The highest BCUT2D eigenvalue weighted by molar-refractivity contribution is 5.94. The van der Waals surface area contributed by atoms with E-state index >= 15 is 0 Å². The molecule has 2 aromatic rings. The molecule has 0 N–H and O–H groups in total. The summed E-state index contributed by atoms with van der Waals surface area (Å²) in [5, 5.41) is 0. The van der Waals surface area contributed by atoms with E-state index in [1.807, 2.05) is 0 Å². The molecule has 138 valence electrons. The highest BCUT2D eigenvalue weighted by Crippen LogP contribution is 2.25. The van der Waals surface area contributed by atoms with Crippen LogP contribution >= 0.6 is 0 Å². The lowest BCUT2D eigenvalue weighted by Gasteiger charge is -2.38. The number of nitrogens with zero attached hydrogens (tertiary/aromatic N) is 2. The van der Waals surface area contributed by atoms with Crippen LogP contribution in [-0.4, -0.2) is 41.7 Å². The van der Waals surface area contributed by atoms with Crippen molar-refractivity contribution in [1.29, 1.82) is 0 Å². The third-order valence-electron chi connectivity index (χ3n) is 5.02. The number of benzene rings is 1. The van der Waals surface area contributed by atoms with Gasteiger partial charge in [-0.1, -0.05) is 12.1 Å². The maximum atomic E-state index is 13.1. The predicted molar refractivity (Wildman–Crippen MR) is 96.6 cm³/mol. The summed E-state index contributed by atoms with van der Waals surface area (Å²) in [6, 6.07) is 9.47. The Hall–Kier alpha value is -2.47. The summed E-state index contributed by atoms with van der Waals surface area (Å²) in [6.45, 7) is 1.14. The molecule has 3 rings (SSSR count). The number of piperidine rings is 1. The summed E-state index contributed by atoms with van der Waals surface area (Å²) in [5.41, 5.74) is 1.22. The predicted octanol–water partition coefficient (Wildman–Crippen LogP) is 2.24. The lowest BCUT2D eigenvalue weighted by Crippen LogP contribution is -2.47.